The molecular formula is C15H20ClN5. The molecule has 0 aliphatic heterocycles. The molecule has 1 aromatic heterocycles. The van der Waals surface area contributed by atoms with Gasteiger partial charge in [-0.15, -0.1) is 5.10 Å². The third kappa shape index (κ3) is 2.75. The number of rotatable bonds is 3. The molecule has 0 radical (unpaired) electrons. The van der Waals surface area contributed by atoms with Crippen LogP contribution in [-0.4, -0.2) is 20.2 Å². The highest BCUT2D eigenvalue weighted by molar-refractivity contribution is 6.33. The van der Waals surface area contributed by atoms with E-state index in [4.69, 9.17) is 17.3 Å². The summed E-state index contributed by atoms with van der Waals surface area (Å²) in [5.41, 5.74) is 7.41. The second-order valence-electron chi connectivity index (χ2n) is 5.79. The fourth-order valence-corrected chi connectivity index (χ4v) is 3.37. The van der Waals surface area contributed by atoms with Crippen LogP contribution in [-0.2, 0) is 0 Å². The van der Waals surface area contributed by atoms with E-state index in [0.29, 0.717) is 22.5 Å². The number of nitrogens with zero attached hydrogens (tertiary/aromatic N) is 4. The Morgan fingerprint density at radius 3 is 2.81 bits per heavy atom. The van der Waals surface area contributed by atoms with Gasteiger partial charge < -0.3 is 5.73 Å². The molecule has 1 unspecified atom stereocenters. The predicted molar refractivity (Wildman–Crippen MR) is 84.0 cm³/mol. The van der Waals surface area contributed by atoms with Gasteiger partial charge in [0.05, 0.1) is 16.8 Å². The summed E-state index contributed by atoms with van der Waals surface area (Å²) in [4.78, 5) is 0. The fourth-order valence-electron chi connectivity index (χ4n) is 3.19. The number of benzene rings is 1. The zero-order valence-corrected chi connectivity index (χ0v) is 12.9. The first-order chi connectivity index (χ1) is 10.2. The third-order valence-corrected chi connectivity index (χ3v) is 4.83. The number of tetrazole rings is 1. The Kier molecular flexibility index (Phi) is 4.10. The van der Waals surface area contributed by atoms with E-state index in [1.165, 1.54) is 32.1 Å². The van der Waals surface area contributed by atoms with Crippen LogP contribution in [0.5, 0.6) is 0 Å². The van der Waals surface area contributed by atoms with Crippen molar-refractivity contribution >= 4 is 17.3 Å². The summed E-state index contributed by atoms with van der Waals surface area (Å²) >= 11 is 6.11. The number of para-hydroxylation sites is 1. The van der Waals surface area contributed by atoms with E-state index >= 15 is 0 Å². The maximum atomic E-state index is 6.11. The maximum absolute atomic E-state index is 6.11. The van der Waals surface area contributed by atoms with E-state index in [1.54, 1.807) is 6.07 Å². The summed E-state index contributed by atoms with van der Waals surface area (Å²) in [6, 6.07) is 5.84. The van der Waals surface area contributed by atoms with Crippen molar-refractivity contribution in [3.05, 3.63) is 23.2 Å². The van der Waals surface area contributed by atoms with Gasteiger partial charge in [0.1, 0.15) is 0 Å². The largest absolute Gasteiger partial charge is 0.397 e. The summed E-state index contributed by atoms with van der Waals surface area (Å²) in [7, 11) is 0. The van der Waals surface area contributed by atoms with E-state index in [9.17, 15) is 0 Å². The van der Waals surface area contributed by atoms with Crippen LogP contribution < -0.4 is 5.73 Å². The lowest BCUT2D eigenvalue weighted by molar-refractivity contribution is 0.249. The van der Waals surface area contributed by atoms with Crippen molar-refractivity contribution in [3.63, 3.8) is 0 Å². The molecule has 5 nitrogen and oxygen atoms in total. The summed E-state index contributed by atoms with van der Waals surface area (Å²) in [6.45, 7) is 2.19. The summed E-state index contributed by atoms with van der Waals surface area (Å²) in [5, 5.41) is 12.7. The van der Waals surface area contributed by atoms with Gasteiger partial charge in [0.2, 0.25) is 0 Å². The lowest BCUT2D eigenvalue weighted by atomic mass is 9.84. The first-order valence-corrected chi connectivity index (χ1v) is 7.88. The Hall–Kier alpha value is -1.62. The zero-order chi connectivity index (χ0) is 14.8. The molecule has 0 amide bonds. The molecule has 1 aliphatic rings. The molecule has 3 rings (SSSR count). The molecule has 2 N–H and O–H groups in total. The Balaban J connectivity index is 1.95. The maximum Gasteiger partial charge on any atom is 0.184 e. The van der Waals surface area contributed by atoms with E-state index in [-0.39, 0.29) is 6.04 Å². The number of hydrogen-bond donors (Lipinski definition) is 1. The highest BCUT2D eigenvalue weighted by atomic mass is 35.5. The van der Waals surface area contributed by atoms with Crippen LogP contribution in [0.3, 0.4) is 0 Å². The van der Waals surface area contributed by atoms with Crippen molar-refractivity contribution in [2.45, 2.75) is 45.1 Å². The molecule has 6 heteroatoms. The molecule has 0 bridgehead atoms. The summed E-state index contributed by atoms with van der Waals surface area (Å²) in [5.74, 6) is 1.33. The number of nitrogens with two attached hydrogens (primary N) is 1. The van der Waals surface area contributed by atoms with Gasteiger partial charge in [0.25, 0.3) is 0 Å². The molecule has 1 fully saturated rings. The van der Waals surface area contributed by atoms with Crippen LogP contribution in [0.4, 0.5) is 5.69 Å². The molecule has 1 heterocycles. The van der Waals surface area contributed by atoms with Crippen LogP contribution in [0.2, 0.25) is 5.02 Å². The number of halogens is 1. The van der Waals surface area contributed by atoms with Gasteiger partial charge in [-0.3, -0.25) is 0 Å². The topological polar surface area (TPSA) is 69.6 Å². The molecule has 112 valence electrons. The van der Waals surface area contributed by atoms with Gasteiger partial charge in [-0.05, 0) is 48.2 Å². The van der Waals surface area contributed by atoms with E-state index in [0.717, 1.165) is 5.56 Å². The van der Waals surface area contributed by atoms with Crippen molar-refractivity contribution in [2.75, 3.05) is 5.73 Å². The lowest BCUT2D eigenvalue weighted by Gasteiger charge is -2.28. The minimum atomic E-state index is 0.272. The van der Waals surface area contributed by atoms with E-state index < -0.39 is 0 Å². The van der Waals surface area contributed by atoms with Crippen LogP contribution >= 0.6 is 11.6 Å². The van der Waals surface area contributed by atoms with Gasteiger partial charge in [-0.2, -0.15) is 0 Å². The number of hydrogen-bond acceptors (Lipinski definition) is 4. The molecule has 0 saturated heterocycles. The van der Waals surface area contributed by atoms with Crippen LogP contribution in [0.15, 0.2) is 18.2 Å². The molecule has 1 aromatic carbocycles. The van der Waals surface area contributed by atoms with Gasteiger partial charge in [-0.1, -0.05) is 36.9 Å². The van der Waals surface area contributed by atoms with Crippen molar-refractivity contribution in [2.24, 2.45) is 5.92 Å². The normalized spacial score (nSPS) is 17.8. The highest BCUT2D eigenvalue weighted by Crippen LogP contribution is 2.36. The number of nitrogen functional groups attached to an aromatic ring is 1. The predicted octanol–water partition coefficient (Wildman–Crippen LogP) is 3.72. The SMILES string of the molecule is CC(C1CCCCC1)n1nnnc1-c1cccc(Cl)c1N. The molecule has 0 spiro atoms. The summed E-state index contributed by atoms with van der Waals surface area (Å²) in [6.07, 6.45) is 6.42. The van der Waals surface area contributed by atoms with Gasteiger partial charge in [0, 0.05) is 5.56 Å². The average molecular weight is 306 g/mol. The zero-order valence-electron chi connectivity index (χ0n) is 12.2. The third-order valence-electron chi connectivity index (χ3n) is 4.50. The molecular weight excluding hydrogens is 286 g/mol. The first-order valence-electron chi connectivity index (χ1n) is 7.50. The quantitative estimate of drug-likeness (QED) is 0.877. The minimum Gasteiger partial charge on any atom is -0.397 e. The summed E-state index contributed by atoms with van der Waals surface area (Å²) < 4.78 is 1.90. The second kappa shape index (κ2) is 6.02. The Morgan fingerprint density at radius 1 is 1.29 bits per heavy atom. The Labute approximate surface area is 129 Å². The van der Waals surface area contributed by atoms with Crippen LogP contribution in [0.1, 0.15) is 45.1 Å². The van der Waals surface area contributed by atoms with E-state index in [2.05, 4.69) is 22.4 Å². The molecule has 2 aromatic rings. The molecule has 21 heavy (non-hydrogen) atoms. The molecule has 1 atom stereocenters. The Bertz CT molecular complexity index is 618. The standard InChI is InChI=1S/C15H20ClN5/c1-10(11-6-3-2-4-7-11)21-15(18-19-20-21)12-8-5-9-13(16)14(12)17/h5,8-11H,2-4,6-7,17H2,1H3. The molecule has 1 aliphatic carbocycles. The van der Waals surface area contributed by atoms with Gasteiger partial charge >= 0.3 is 0 Å². The number of aromatic nitrogens is 4. The second-order valence-corrected chi connectivity index (χ2v) is 6.19. The van der Waals surface area contributed by atoms with Crippen molar-refractivity contribution in [1.29, 1.82) is 0 Å². The minimum absolute atomic E-state index is 0.272. The van der Waals surface area contributed by atoms with Gasteiger partial charge in [-0.25, -0.2) is 4.68 Å². The van der Waals surface area contributed by atoms with Crippen molar-refractivity contribution in [1.82, 2.24) is 20.2 Å². The average Bonchev–Trinajstić information content (AvgIpc) is 2.99. The van der Waals surface area contributed by atoms with Crippen molar-refractivity contribution < 1.29 is 0 Å². The van der Waals surface area contributed by atoms with Crippen LogP contribution in [0, 0.1) is 5.92 Å². The number of anilines is 1. The molecule has 1 saturated carbocycles. The van der Waals surface area contributed by atoms with Crippen molar-refractivity contribution in [3.8, 4) is 11.4 Å². The fraction of sp³-hybridized carbons (Fsp3) is 0.533. The highest BCUT2D eigenvalue weighted by Gasteiger charge is 2.25. The van der Waals surface area contributed by atoms with Crippen LogP contribution in [0.25, 0.3) is 11.4 Å². The smallest absolute Gasteiger partial charge is 0.184 e. The van der Waals surface area contributed by atoms with E-state index in [1.807, 2.05) is 16.8 Å². The monoisotopic (exact) mass is 305 g/mol. The lowest BCUT2D eigenvalue weighted by Crippen LogP contribution is -2.21. The van der Waals surface area contributed by atoms with Gasteiger partial charge in [0.15, 0.2) is 5.82 Å². The first kappa shape index (κ1) is 14.3. The Morgan fingerprint density at radius 2 is 2.05 bits per heavy atom.